The number of unbranched alkanes of at least 4 members (excludes halogenated alkanes) is 1. The van der Waals surface area contributed by atoms with Gasteiger partial charge in [0.1, 0.15) is 24.7 Å². The first kappa shape index (κ1) is 56.5. The van der Waals surface area contributed by atoms with Crippen molar-refractivity contribution in [2.75, 3.05) is 65.8 Å². The molecule has 2 N–H and O–H groups in total. The molecule has 0 aliphatic carbocycles. The minimum Gasteiger partial charge on any atom is -0.493 e. The molecule has 0 spiro atoms. The van der Waals surface area contributed by atoms with Gasteiger partial charge in [0.05, 0.1) is 47.7 Å². The lowest BCUT2D eigenvalue weighted by molar-refractivity contribution is -0.137. The molecule has 5 aliphatic rings. The van der Waals surface area contributed by atoms with Crippen LogP contribution in [0.1, 0.15) is 107 Å². The normalized spacial score (nSPS) is 17.5. The second kappa shape index (κ2) is 24.1. The average Bonchev–Trinajstić information content (AvgIpc) is 2.44. The van der Waals surface area contributed by atoms with Crippen molar-refractivity contribution in [3.63, 3.8) is 0 Å². The Labute approximate surface area is 477 Å². The molecule has 0 fully saturated rings. The first-order valence-corrected chi connectivity index (χ1v) is 28.1. The molecule has 18 heteroatoms. The molecule has 5 heterocycles. The van der Waals surface area contributed by atoms with Crippen LogP contribution in [0.15, 0.2) is 103 Å². The zero-order valence-electron chi connectivity index (χ0n) is 47.3. The number of likely N-dealkylation sites (N-methyl/N-ethyl adjacent to an activating group) is 2. The van der Waals surface area contributed by atoms with E-state index >= 15 is 0 Å². The van der Waals surface area contributed by atoms with E-state index in [2.05, 4.69) is 32.6 Å². The second-order valence-corrected chi connectivity index (χ2v) is 22.2. The van der Waals surface area contributed by atoms with Crippen LogP contribution < -0.4 is 44.4 Å². The Balaban J connectivity index is 0.810. The number of aryl methyl sites for hydroxylation is 1. The number of para-hydroxylation sites is 2. The minimum atomic E-state index is -0.862. The van der Waals surface area contributed by atoms with Gasteiger partial charge < -0.3 is 44.4 Å². The molecule has 2 unspecified atom stereocenters. The predicted molar refractivity (Wildman–Crippen MR) is 311 cm³/mol. The van der Waals surface area contributed by atoms with Crippen LogP contribution in [0, 0.1) is 12.8 Å². The number of carbonyl (C=O) groups excluding carboxylic acids is 8. The van der Waals surface area contributed by atoms with Crippen molar-refractivity contribution in [2.45, 2.75) is 110 Å². The Hall–Kier alpha value is -8.80. The van der Waals surface area contributed by atoms with Crippen LogP contribution in [0.2, 0.25) is 0 Å². The molecular weight excluding hydrogens is 1040 g/mol. The number of ketones is 2. The van der Waals surface area contributed by atoms with Crippen molar-refractivity contribution in [1.29, 1.82) is 0 Å². The molecule has 426 valence electrons. The molecule has 5 aliphatic heterocycles. The van der Waals surface area contributed by atoms with Crippen molar-refractivity contribution >= 4 is 75.4 Å². The largest absolute Gasteiger partial charge is 0.493 e. The van der Waals surface area contributed by atoms with Crippen LogP contribution in [-0.4, -0.2) is 111 Å². The number of nitrogens with zero attached hydrogens (tertiary/aromatic N) is 5. The third-order valence-corrected chi connectivity index (χ3v) is 16.2. The zero-order valence-corrected chi connectivity index (χ0v) is 47.3. The SMILES string of the molecule is COc1cc2c(cc1OCc1cc(COc3cc4c(cc3C)C(=O)N3c5ccccc5C[C@H]3CN4C)cc(NC(=O)C(C)CC(=O)C(C)NC(=O)CCCCC(=O)CCCN3C(=O)C=CC3=O)c1)N(C)C[C@@H]1Cc3ccccc3N1C2=O. The Kier molecular flexibility index (Phi) is 16.6. The van der Waals surface area contributed by atoms with Gasteiger partial charge in [0.15, 0.2) is 17.3 Å². The number of methoxy groups -OCH3 is 1. The van der Waals surface area contributed by atoms with Gasteiger partial charge in [0.2, 0.25) is 11.8 Å². The number of Topliss-reactive ketones (excluding diaryl/α,β-unsaturated/α-hetero) is 2. The summed E-state index contributed by atoms with van der Waals surface area (Å²) in [6, 6.07) is 28.0. The minimum absolute atomic E-state index is 0.0147. The number of imide groups is 1. The summed E-state index contributed by atoms with van der Waals surface area (Å²) in [5.41, 5.74) is 9.28. The summed E-state index contributed by atoms with van der Waals surface area (Å²) >= 11 is 0. The third kappa shape index (κ3) is 12.0. The number of rotatable bonds is 22. The van der Waals surface area contributed by atoms with Crippen molar-refractivity contribution in [3.05, 3.63) is 142 Å². The Morgan fingerprint density at radius 2 is 1.17 bits per heavy atom. The van der Waals surface area contributed by atoms with Gasteiger partial charge in [-0.15, -0.1) is 0 Å². The molecule has 0 aromatic heterocycles. The lowest BCUT2D eigenvalue weighted by Gasteiger charge is -2.25. The van der Waals surface area contributed by atoms with E-state index < -0.39 is 17.9 Å². The van der Waals surface area contributed by atoms with Crippen LogP contribution >= 0.6 is 0 Å². The lowest BCUT2D eigenvalue weighted by Crippen LogP contribution is -2.41. The van der Waals surface area contributed by atoms with Gasteiger partial charge in [0, 0.05) is 107 Å². The number of fused-ring (bicyclic) bond motifs is 8. The van der Waals surface area contributed by atoms with Crippen LogP contribution in [0.3, 0.4) is 0 Å². The number of ether oxygens (including phenoxy) is 3. The fourth-order valence-electron chi connectivity index (χ4n) is 11.9. The van der Waals surface area contributed by atoms with E-state index in [0.717, 1.165) is 51.5 Å². The van der Waals surface area contributed by atoms with Crippen molar-refractivity contribution in [3.8, 4) is 17.2 Å². The molecule has 10 rings (SSSR count). The number of nitrogens with one attached hydrogen (secondary N) is 2. The fourth-order valence-corrected chi connectivity index (χ4v) is 11.9. The van der Waals surface area contributed by atoms with E-state index in [1.54, 1.807) is 32.0 Å². The van der Waals surface area contributed by atoms with E-state index in [0.29, 0.717) is 83.2 Å². The molecule has 6 amide bonds. The van der Waals surface area contributed by atoms with Crippen LogP contribution in [0.4, 0.5) is 28.4 Å². The van der Waals surface area contributed by atoms with Gasteiger partial charge in [-0.2, -0.15) is 0 Å². The van der Waals surface area contributed by atoms with Gasteiger partial charge in [-0.05, 0) is 116 Å². The summed E-state index contributed by atoms with van der Waals surface area (Å²) in [6.07, 6.45) is 5.63. The van der Waals surface area contributed by atoms with Crippen LogP contribution in [0.5, 0.6) is 17.2 Å². The fraction of sp³-hybridized carbons (Fsp3) is 0.375. The van der Waals surface area contributed by atoms with Crippen molar-refractivity contribution in [2.24, 2.45) is 5.92 Å². The molecule has 0 radical (unpaired) electrons. The molecule has 0 saturated carbocycles. The molecule has 18 nitrogen and oxygen atoms in total. The summed E-state index contributed by atoms with van der Waals surface area (Å²) in [6.45, 7) is 6.67. The molecule has 0 bridgehead atoms. The third-order valence-electron chi connectivity index (χ3n) is 16.2. The monoisotopic (exact) mass is 1110 g/mol. The molecule has 5 aromatic carbocycles. The second-order valence-electron chi connectivity index (χ2n) is 22.2. The van der Waals surface area contributed by atoms with Gasteiger partial charge in [-0.3, -0.25) is 43.3 Å². The summed E-state index contributed by atoms with van der Waals surface area (Å²) in [5.74, 6) is -1.45. The van der Waals surface area contributed by atoms with Gasteiger partial charge in [-0.1, -0.05) is 43.3 Å². The number of carbonyl (C=O) groups is 8. The number of benzene rings is 5. The van der Waals surface area contributed by atoms with E-state index in [1.807, 2.05) is 91.5 Å². The predicted octanol–water partition coefficient (Wildman–Crippen LogP) is 8.08. The number of hydrogen-bond donors (Lipinski definition) is 2. The van der Waals surface area contributed by atoms with E-state index in [4.69, 9.17) is 14.2 Å². The Morgan fingerprint density at radius 1 is 0.634 bits per heavy atom. The van der Waals surface area contributed by atoms with E-state index in [1.165, 1.54) is 19.3 Å². The summed E-state index contributed by atoms with van der Waals surface area (Å²) in [5, 5.41) is 5.74. The Morgan fingerprint density at radius 3 is 1.77 bits per heavy atom. The molecule has 82 heavy (non-hydrogen) atoms. The number of hydrogen-bond acceptors (Lipinski definition) is 13. The van der Waals surface area contributed by atoms with Gasteiger partial charge in [-0.25, -0.2) is 0 Å². The standard InChI is InChI=1S/C64H69N7O11/c1-38-24-49-53(67(4)34-46-29-43-14-7-10-18-51(43)70(46)63(49)78)32-56(38)81-36-41-26-42(37-82-58-33-54-50(31-57(58)80-6)64(79)71-47(35-68(54)5)30-44-15-8-11-19-52(44)71)28-45(27-41)66-62(77)39(2)25-55(73)40(3)65-59(74)20-12-9-16-48(72)17-13-23-69-60(75)21-22-61(69)76/h7-8,10-11,14-15,18-19,21-22,24,26-28,31-33,39-40,46-47H,9,12-13,16-17,20,23,25,29-30,34-37H2,1-6H3,(H,65,74)(H,66,77)/t39?,40?,46-,47-/m0/s1. The Bertz CT molecular complexity index is 3410. The maximum Gasteiger partial charge on any atom is 0.260 e. The molecular formula is C64H69N7O11. The highest BCUT2D eigenvalue weighted by Gasteiger charge is 2.41. The van der Waals surface area contributed by atoms with Gasteiger partial charge >= 0.3 is 0 Å². The quantitative estimate of drug-likeness (QED) is 0.0498. The zero-order chi connectivity index (χ0) is 57.9. The topological polar surface area (TPSA) is 205 Å². The molecule has 0 saturated heterocycles. The smallest absolute Gasteiger partial charge is 0.260 e. The van der Waals surface area contributed by atoms with Crippen LogP contribution in [-0.2, 0) is 54.8 Å². The van der Waals surface area contributed by atoms with E-state index in [-0.39, 0.29) is 98.6 Å². The maximum atomic E-state index is 14.3. The first-order valence-electron chi connectivity index (χ1n) is 28.1. The summed E-state index contributed by atoms with van der Waals surface area (Å²) in [7, 11) is 5.49. The summed E-state index contributed by atoms with van der Waals surface area (Å²) in [4.78, 5) is 114. The van der Waals surface area contributed by atoms with E-state index in [9.17, 15) is 38.4 Å². The van der Waals surface area contributed by atoms with Crippen LogP contribution in [0.25, 0.3) is 0 Å². The average molecular weight is 1110 g/mol. The highest BCUT2D eigenvalue weighted by atomic mass is 16.5. The number of amides is 6. The maximum absolute atomic E-state index is 14.3. The van der Waals surface area contributed by atoms with Gasteiger partial charge in [0.25, 0.3) is 23.6 Å². The van der Waals surface area contributed by atoms with Crippen molar-refractivity contribution in [1.82, 2.24) is 10.2 Å². The first-order chi connectivity index (χ1) is 39.4. The molecule has 4 atom stereocenters. The lowest BCUT2D eigenvalue weighted by atomic mass is 9.99. The van der Waals surface area contributed by atoms with Crippen molar-refractivity contribution < 1.29 is 52.6 Å². The highest BCUT2D eigenvalue weighted by Crippen LogP contribution is 2.43. The molecule has 5 aromatic rings. The summed E-state index contributed by atoms with van der Waals surface area (Å²) < 4.78 is 19.0. The highest BCUT2D eigenvalue weighted by molar-refractivity contribution is 6.14. The number of anilines is 5.